The van der Waals surface area contributed by atoms with Gasteiger partial charge in [0.25, 0.3) is 0 Å². The van der Waals surface area contributed by atoms with E-state index in [0.29, 0.717) is 12.4 Å². The lowest BCUT2D eigenvalue weighted by atomic mass is 10.4. The number of nitrogens with zero attached hydrogens (tertiary/aromatic N) is 6. The monoisotopic (exact) mass is 249 g/mol. The molecule has 1 N–H and O–H groups in total. The molecule has 0 bridgehead atoms. The predicted molar refractivity (Wildman–Crippen MR) is 66.9 cm³/mol. The van der Waals surface area contributed by atoms with Crippen molar-refractivity contribution in [1.82, 2.24) is 35.1 Å². The molecular formula is C11H19N7. The van der Waals surface area contributed by atoms with E-state index in [-0.39, 0.29) is 0 Å². The molecule has 2 rings (SSSR count). The van der Waals surface area contributed by atoms with Crippen LogP contribution in [0.25, 0.3) is 0 Å². The molecule has 0 aliphatic rings. The molecule has 7 nitrogen and oxygen atoms in total. The van der Waals surface area contributed by atoms with Crippen molar-refractivity contribution in [1.29, 1.82) is 0 Å². The van der Waals surface area contributed by atoms with Gasteiger partial charge in [-0.05, 0) is 25.1 Å². The van der Waals surface area contributed by atoms with E-state index in [0.717, 1.165) is 31.0 Å². The van der Waals surface area contributed by atoms with Crippen LogP contribution in [0.5, 0.6) is 0 Å². The Morgan fingerprint density at radius 2 is 2.22 bits per heavy atom. The quantitative estimate of drug-likeness (QED) is 0.744. The van der Waals surface area contributed by atoms with E-state index in [1.54, 1.807) is 7.05 Å². The van der Waals surface area contributed by atoms with E-state index >= 15 is 0 Å². The van der Waals surface area contributed by atoms with Gasteiger partial charge in [-0.2, -0.15) is 4.80 Å². The number of aromatic nitrogens is 6. The number of aryl methyl sites for hydroxylation is 2. The van der Waals surface area contributed by atoms with Gasteiger partial charge in [-0.25, -0.2) is 4.98 Å². The third-order valence-corrected chi connectivity index (χ3v) is 2.72. The lowest BCUT2D eigenvalue weighted by Crippen LogP contribution is -2.18. The number of hydrogen-bond donors (Lipinski definition) is 1. The molecule has 18 heavy (non-hydrogen) atoms. The molecule has 0 fully saturated rings. The maximum absolute atomic E-state index is 4.34. The Morgan fingerprint density at radius 1 is 1.39 bits per heavy atom. The third-order valence-electron chi connectivity index (χ3n) is 2.72. The van der Waals surface area contributed by atoms with Crippen LogP contribution in [-0.4, -0.2) is 36.3 Å². The summed E-state index contributed by atoms with van der Waals surface area (Å²) in [5.74, 6) is 1.67. The van der Waals surface area contributed by atoms with Crippen molar-refractivity contribution in [2.75, 3.05) is 6.54 Å². The molecule has 0 atom stereocenters. The molecular weight excluding hydrogens is 230 g/mol. The second kappa shape index (κ2) is 5.72. The maximum atomic E-state index is 4.34. The lowest BCUT2D eigenvalue weighted by Gasteiger charge is -2.08. The van der Waals surface area contributed by atoms with E-state index in [2.05, 4.69) is 37.2 Å². The molecule has 2 aromatic rings. The summed E-state index contributed by atoms with van der Waals surface area (Å²) < 4.78 is 2.11. The SMILES string of the molecule is CCCNCc1cnc(C)n1Cc1nnn(C)n1. The molecule has 0 saturated carbocycles. The van der Waals surface area contributed by atoms with Crippen molar-refractivity contribution in [2.24, 2.45) is 7.05 Å². The van der Waals surface area contributed by atoms with Crippen LogP contribution in [0.4, 0.5) is 0 Å². The fourth-order valence-electron chi connectivity index (χ4n) is 1.79. The van der Waals surface area contributed by atoms with Gasteiger partial charge in [0.1, 0.15) is 5.82 Å². The zero-order chi connectivity index (χ0) is 13.0. The van der Waals surface area contributed by atoms with Crippen LogP contribution in [0.2, 0.25) is 0 Å². The first kappa shape index (κ1) is 12.7. The van der Waals surface area contributed by atoms with Crippen molar-refractivity contribution >= 4 is 0 Å². The molecule has 0 aliphatic heterocycles. The fraction of sp³-hybridized carbons (Fsp3) is 0.636. The van der Waals surface area contributed by atoms with E-state index < -0.39 is 0 Å². The smallest absolute Gasteiger partial charge is 0.194 e. The molecule has 0 saturated heterocycles. The Labute approximate surface area is 106 Å². The largest absolute Gasteiger partial charge is 0.323 e. The van der Waals surface area contributed by atoms with Crippen LogP contribution in [0.15, 0.2) is 6.20 Å². The molecule has 7 heteroatoms. The average molecular weight is 249 g/mol. The fourth-order valence-corrected chi connectivity index (χ4v) is 1.79. The second-order valence-electron chi connectivity index (χ2n) is 4.25. The number of rotatable bonds is 6. The van der Waals surface area contributed by atoms with Crippen LogP contribution in [-0.2, 0) is 20.1 Å². The lowest BCUT2D eigenvalue weighted by molar-refractivity contribution is 0.605. The van der Waals surface area contributed by atoms with Crippen molar-refractivity contribution in [3.8, 4) is 0 Å². The van der Waals surface area contributed by atoms with E-state index in [9.17, 15) is 0 Å². The van der Waals surface area contributed by atoms with Gasteiger partial charge in [0.05, 0.1) is 19.3 Å². The Bertz CT molecular complexity index is 499. The van der Waals surface area contributed by atoms with E-state index in [4.69, 9.17) is 0 Å². The number of nitrogens with one attached hydrogen (secondary N) is 1. The Hall–Kier alpha value is -1.76. The van der Waals surface area contributed by atoms with Crippen molar-refractivity contribution in [2.45, 2.75) is 33.4 Å². The minimum absolute atomic E-state index is 0.614. The Balaban J connectivity index is 2.08. The summed E-state index contributed by atoms with van der Waals surface area (Å²) in [6, 6.07) is 0. The van der Waals surface area contributed by atoms with Crippen LogP contribution in [0.3, 0.4) is 0 Å². The van der Waals surface area contributed by atoms with Crippen LogP contribution < -0.4 is 5.32 Å². The summed E-state index contributed by atoms with van der Waals surface area (Å²) in [7, 11) is 1.76. The van der Waals surface area contributed by atoms with Gasteiger partial charge < -0.3 is 9.88 Å². The zero-order valence-electron chi connectivity index (χ0n) is 11.1. The normalized spacial score (nSPS) is 11.1. The molecule has 0 aromatic carbocycles. The summed E-state index contributed by atoms with van der Waals surface area (Å²) >= 11 is 0. The van der Waals surface area contributed by atoms with Gasteiger partial charge in [-0.15, -0.1) is 10.2 Å². The zero-order valence-corrected chi connectivity index (χ0v) is 11.1. The Kier molecular flexibility index (Phi) is 4.03. The topological polar surface area (TPSA) is 73.5 Å². The van der Waals surface area contributed by atoms with Gasteiger partial charge in [-0.1, -0.05) is 6.92 Å². The highest BCUT2D eigenvalue weighted by molar-refractivity contribution is 5.06. The summed E-state index contributed by atoms with van der Waals surface area (Å²) in [4.78, 5) is 5.81. The molecule has 0 amide bonds. The summed E-state index contributed by atoms with van der Waals surface area (Å²) in [6.07, 6.45) is 3.02. The van der Waals surface area contributed by atoms with Gasteiger partial charge in [0, 0.05) is 12.7 Å². The average Bonchev–Trinajstić information content (AvgIpc) is 2.90. The molecule has 0 unspecified atom stereocenters. The van der Waals surface area contributed by atoms with Crippen molar-refractivity contribution in [3.05, 3.63) is 23.5 Å². The van der Waals surface area contributed by atoms with Crippen molar-refractivity contribution in [3.63, 3.8) is 0 Å². The summed E-state index contributed by atoms with van der Waals surface area (Å²) in [5, 5.41) is 15.4. The van der Waals surface area contributed by atoms with Gasteiger partial charge in [0.15, 0.2) is 5.82 Å². The minimum atomic E-state index is 0.614. The number of imidazole rings is 1. The molecule has 0 aliphatic carbocycles. The summed E-state index contributed by atoms with van der Waals surface area (Å²) in [6.45, 7) is 6.57. The highest BCUT2D eigenvalue weighted by Gasteiger charge is 2.09. The summed E-state index contributed by atoms with van der Waals surface area (Å²) in [5.41, 5.74) is 1.15. The highest BCUT2D eigenvalue weighted by atomic mass is 15.6. The highest BCUT2D eigenvalue weighted by Crippen LogP contribution is 2.06. The van der Waals surface area contributed by atoms with Gasteiger partial charge in [0.2, 0.25) is 0 Å². The minimum Gasteiger partial charge on any atom is -0.323 e. The van der Waals surface area contributed by atoms with E-state index in [1.165, 1.54) is 4.80 Å². The van der Waals surface area contributed by atoms with Crippen LogP contribution >= 0.6 is 0 Å². The predicted octanol–water partition coefficient (Wildman–Crippen LogP) is 0.263. The first-order valence-corrected chi connectivity index (χ1v) is 6.15. The number of hydrogen-bond acceptors (Lipinski definition) is 5. The molecule has 0 spiro atoms. The van der Waals surface area contributed by atoms with Crippen LogP contribution in [0, 0.1) is 6.92 Å². The first-order chi connectivity index (χ1) is 8.70. The molecule has 2 heterocycles. The number of tetrazole rings is 1. The Morgan fingerprint density at radius 3 is 2.89 bits per heavy atom. The first-order valence-electron chi connectivity index (χ1n) is 6.15. The van der Waals surface area contributed by atoms with Crippen LogP contribution in [0.1, 0.15) is 30.7 Å². The van der Waals surface area contributed by atoms with Gasteiger partial charge in [-0.3, -0.25) is 0 Å². The molecule has 2 aromatic heterocycles. The van der Waals surface area contributed by atoms with Crippen molar-refractivity contribution < 1.29 is 0 Å². The molecule has 0 radical (unpaired) electrons. The van der Waals surface area contributed by atoms with E-state index in [1.807, 2.05) is 13.1 Å². The maximum Gasteiger partial charge on any atom is 0.194 e. The van der Waals surface area contributed by atoms with Gasteiger partial charge >= 0.3 is 0 Å². The second-order valence-corrected chi connectivity index (χ2v) is 4.25. The third kappa shape index (κ3) is 2.92. The molecule has 98 valence electrons. The standard InChI is InChI=1S/C11H19N7/c1-4-5-12-6-10-7-13-9(2)18(10)8-11-14-16-17(3)15-11/h7,12H,4-6,8H2,1-3H3.